The minimum atomic E-state index is -1.26. The second-order valence-electron chi connectivity index (χ2n) is 4.16. The van der Waals surface area contributed by atoms with E-state index >= 15 is 0 Å². The van der Waals surface area contributed by atoms with Gasteiger partial charge in [-0.25, -0.2) is 0 Å². The van der Waals surface area contributed by atoms with Crippen molar-refractivity contribution >= 4 is 11.6 Å². The van der Waals surface area contributed by atoms with Crippen molar-refractivity contribution in [3.63, 3.8) is 0 Å². The number of rotatable bonds is 5. The first-order valence-electron chi connectivity index (χ1n) is 5.17. The summed E-state index contributed by atoms with van der Waals surface area (Å²) < 4.78 is 5.29. The second kappa shape index (κ2) is 5.64. The minimum absolute atomic E-state index is 0.158. The van der Waals surface area contributed by atoms with Gasteiger partial charge in [0, 0.05) is 11.4 Å². The van der Waals surface area contributed by atoms with Gasteiger partial charge in [0.2, 0.25) is 0 Å². The highest BCUT2D eigenvalue weighted by Crippen LogP contribution is 2.19. The molecule has 0 saturated heterocycles. The molecule has 4 heteroatoms. The van der Waals surface area contributed by atoms with Crippen molar-refractivity contribution in [1.29, 1.82) is 0 Å². The molecule has 1 atom stereocenters. The topological polar surface area (TPSA) is 49.7 Å². The molecule has 0 spiro atoms. The molecule has 0 aliphatic rings. The van der Waals surface area contributed by atoms with Crippen LogP contribution in [0, 0.1) is 0 Å². The SMILES string of the molecule is CC(C)(O)O[C@H](CO)Cc1ccccc1Cl. The molecule has 16 heavy (non-hydrogen) atoms. The third-order valence-corrected chi connectivity index (χ3v) is 2.43. The molecule has 1 aromatic rings. The number of halogens is 1. The fourth-order valence-corrected chi connectivity index (χ4v) is 1.67. The molecule has 0 aliphatic carbocycles. The average molecular weight is 245 g/mol. The summed E-state index contributed by atoms with van der Waals surface area (Å²) in [7, 11) is 0. The molecule has 0 bridgehead atoms. The number of benzene rings is 1. The van der Waals surface area contributed by atoms with Crippen LogP contribution in [0.4, 0.5) is 0 Å². The first-order chi connectivity index (χ1) is 7.42. The summed E-state index contributed by atoms with van der Waals surface area (Å²) in [5.74, 6) is -1.26. The van der Waals surface area contributed by atoms with Crippen LogP contribution in [-0.4, -0.2) is 28.7 Å². The van der Waals surface area contributed by atoms with Gasteiger partial charge in [0.1, 0.15) is 0 Å². The zero-order chi connectivity index (χ0) is 12.2. The molecular formula is C12H17ClO3. The van der Waals surface area contributed by atoms with Gasteiger partial charge < -0.3 is 14.9 Å². The van der Waals surface area contributed by atoms with Crippen LogP contribution in [0.3, 0.4) is 0 Å². The maximum atomic E-state index is 9.50. The maximum Gasteiger partial charge on any atom is 0.160 e. The summed E-state index contributed by atoms with van der Waals surface area (Å²) in [6.07, 6.45) is 0.0140. The van der Waals surface area contributed by atoms with Crippen molar-refractivity contribution in [2.45, 2.75) is 32.2 Å². The summed E-state index contributed by atoms with van der Waals surface area (Å²) in [5.41, 5.74) is 0.896. The van der Waals surface area contributed by atoms with Crippen molar-refractivity contribution in [3.05, 3.63) is 34.9 Å². The quantitative estimate of drug-likeness (QED) is 0.779. The van der Waals surface area contributed by atoms with Gasteiger partial charge >= 0.3 is 0 Å². The molecule has 0 saturated carbocycles. The predicted molar refractivity (Wildman–Crippen MR) is 63.4 cm³/mol. The van der Waals surface area contributed by atoms with E-state index in [9.17, 15) is 5.11 Å². The van der Waals surface area contributed by atoms with E-state index in [2.05, 4.69) is 0 Å². The first kappa shape index (κ1) is 13.5. The largest absolute Gasteiger partial charge is 0.394 e. The average Bonchev–Trinajstić information content (AvgIpc) is 2.18. The van der Waals surface area contributed by atoms with E-state index < -0.39 is 11.9 Å². The van der Waals surface area contributed by atoms with Crippen molar-refractivity contribution < 1.29 is 14.9 Å². The molecule has 0 fully saturated rings. The van der Waals surface area contributed by atoms with Crippen LogP contribution >= 0.6 is 11.6 Å². The van der Waals surface area contributed by atoms with Crippen molar-refractivity contribution in [2.24, 2.45) is 0 Å². The Kier molecular flexibility index (Phi) is 4.74. The molecule has 90 valence electrons. The Morgan fingerprint density at radius 1 is 1.38 bits per heavy atom. The van der Waals surface area contributed by atoms with E-state index in [1.54, 1.807) is 6.07 Å². The van der Waals surface area contributed by atoms with E-state index in [-0.39, 0.29) is 6.61 Å². The lowest BCUT2D eigenvalue weighted by Gasteiger charge is -2.25. The molecule has 1 aromatic carbocycles. The van der Waals surface area contributed by atoms with E-state index in [1.165, 1.54) is 13.8 Å². The smallest absolute Gasteiger partial charge is 0.160 e. The van der Waals surface area contributed by atoms with Gasteiger partial charge in [0.15, 0.2) is 5.79 Å². The normalized spacial score (nSPS) is 13.8. The lowest BCUT2D eigenvalue weighted by Crippen LogP contribution is -2.33. The van der Waals surface area contributed by atoms with E-state index in [0.717, 1.165) is 5.56 Å². The van der Waals surface area contributed by atoms with Crippen molar-refractivity contribution in [1.82, 2.24) is 0 Å². The van der Waals surface area contributed by atoms with Gasteiger partial charge in [0.05, 0.1) is 12.7 Å². The van der Waals surface area contributed by atoms with Crippen LogP contribution in [0.25, 0.3) is 0 Å². The Morgan fingerprint density at radius 3 is 2.50 bits per heavy atom. The Morgan fingerprint density at radius 2 is 2.00 bits per heavy atom. The lowest BCUT2D eigenvalue weighted by atomic mass is 10.1. The first-order valence-corrected chi connectivity index (χ1v) is 5.54. The number of ether oxygens (including phenoxy) is 1. The summed E-state index contributed by atoms with van der Waals surface area (Å²) in [6.45, 7) is 2.90. The van der Waals surface area contributed by atoms with Gasteiger partial charge in [-0.15, -0.1) is 0 Å². The van der Waals surface area contributed by atoms with Gasteiger partial charge in [-0.1, -0.05) is 29.8 Å². The van der Waals surface area contributed by atoms with Crippen LogP contribution in [0.15, 0.2) is 24.3 Å². The van der Waals surface area contributed by atoms with Crippen LogP contribution in [-0.2, 0) is 11.2 Å². The third kappa shape index (κ3) is 4.49. The molecular weight excluding hydrogens is 228 g/mol. The van der Waals surface area contributed by atoms with Crippen LogP contribution in [0.5, 0.6) is 0 Å². The highest BCUT2D eigenvalue weighted by molar-refractivity contribution is 6.31. The number of hydrogen-bond donors (Lipinski definition) is 2. The van der Waals surface area contributed by atoms with Crippen LogP contribution < -0.4 is 0 Å². The zero-order valence-electron chi connectivity index (χ0n) is 9.48. The summed E-state index contributed by atoms with van der Waals surface area (Å²) in [6, 6.07) is 7.38. The summed E-state index contributed by atoms with van der Waals surface area (Å²) in [4.78, 5) is 0. The number of aliphatic hydroxyl groups excluding tert-OH is 1. The molecule has 0 aliphatic heterocycles. The fraction of sp³-hybridized carbons (Fsp3) is 0.500. The van der Waals surface area contributed by atoms with Gasteiger partial charge in [0.25, 0.3) is 0 Å². The van der Waals surface area contributed by atoms with E-state index in [4.69, 9.17) is 21.4 Å². The molecule has 0 heterocycles. The van der Waals surface area contributed by atoms with Crippen LogP contribution in [0.1, 0.15) is 19.4 Å². The Hall–Kier alpha value is -0.610. The van der Waals surface area contributed by atoms with Crippen LogP contribution in [0.2, 0.25) is 5.02 Å². The maximum absolute atomic E-state index is 9.50. The van der Waals surface area contributed by atoms with Crippen molar-refractivity contribution in [2.75, 3.05) is 6.61 Å². The van der Waals surface area contributed by atoms with Gasteiger partial charge in [-0.05, 0) is 25.5 Å². The lowest BCUT2D eigenvalue weighted by molar-refractivity contribution is -0.211. The number of aliphatic hydroxyl groups is 2. The molecule has 0 radical (unpaired) electrons. The molecule has 0 unspecified atom stereocenters. The highest BCUT2D eigenvalue weighted by atomic mass is 35.5. The van der Waals surface area contributed by atoms with Gasteiger partial charge in [-0.2, -0.15) is 0 Å². The molecule has 1 rings (SSSR count). The molecule has 2 N–H and O–H groups in total. The standard InChI is InChI=1S/C12H17ClO3/c1-12(2,15)16-10(8-14)7-9-5-3-4-6-11(9)13/h3-6,10,14-15H,7-8H2,1-2H3/t10-/m0/s1. The third-order valence-electron chi connectivity index (χ3n) is 2.06. The zero-order valence-corrected chi connectivity index (χ0v) is 10.2. The van der Waals surface area contributed by atoms with Gasteiger partial charge in [-0.3, -0.25) is 0 Å². The monoisotopic (exact) mass is 244 g/mol. The fourth-order valence-electron chi connectivity index (χ4n) is 1.46. The summed E-state index contributed by atoms with van der Waals surface area (Å²) >= 11 is 6.00. The minimum Gasteiger partial charge on any atom is -0.394 e. The molecule has 0 amide bonds. The van der Waals surface area contributed by atoms with Crippen molar-refractivity contribution in [3.8, 4) is 0 Å². The summed E-state index contributed by atoms with van der Waals surface area (Å²) in [5, 5.41) is 19.3. The highest BCUT2D eigenvalue weighted by Gasteiger charge is 2.20. The Labute approximate surface area is 101 Å². The van der Waals surface area contributed by atoms with E-state index in [1.807, 2.05) is 18.2 Å². The molecule has 3 nitrogen and oxygen atoms in total. The Balaban J connectivity index is 2.67. The van der Waals surface area contributed by atoms with E-state index in [0.29, 0.717) is 11.4 Å². The predicted octanol–water partition coefficient (Wildman–Crippen LogP) is 1.99. The Bertz CT molecular complexity index is 333. The second-order valence-corrected chi connectivity index (χ2v) is 4.57. The number of hydrogen-bond acceptors (Lipinski definition) is 3. The molecule has 0 aromatic heterocycles.